The molecular formula is C26H34N4O2S. The van der Waals surface area contributed by atoms with E-state index in [0.29, 0.717) is 11.8 Å². The van der Waals surface area contributed by atoms with Gasteiger partial charge in [0.1, 0.15) is 5.75 Å². The van der Waals surface area contributed by atoms with Gasteiger partial charge in [-0.2, -0.15) is 0 Å². The number of benzene rings is 2. The Bertz CT molecular complexity index is 1040. The molecule has 1 atom stereocenters. The van der Waals surface area contributed by atoms with Crippen LogP contribution in [0.3, 0.4) is 0 Å². The van der Waals surface area contributed by atoms with Gasteiger partial charge in [0.2, 0.25) is 5.91 Å². The number of nitrogens with zero attached hydrogens (tertiary/aromatic N) is 3. The Morgan fingerprint density at radius 1 is 1.00 bits per heavy atom. The largest absolute Gasteiger partial charge is 0.483 e. The van der Waals surface area contributed by atoms with Crippen LogP contribution in [0.25, 0.3) is 0 Å². The van der Waals surface area contributed by atoms with Gasteiger partial charge in [0.25, 0.3) is 0 Å². The summed E-state index contributed by atoms with van der Waals surface area (Å²) in [4.78, 5) is 12.4. The van der Waals surface area contributed by atoms with E-state index in [1.807, 2.05) is 50.2 Å². The van der Waals surface area contributed by atoms with Crippen molar-refractivity contribution >= 4 is 23.4 Å². The third-order valence-corrected chi connectivity index (χ3v) is 6.15. The van der Waals surface area contributed by atoms with Gasteiger partial charge in [0.15, 0.2) is 17.1 Å². The molecule has 0 saturated carbocycles. The van der Waals surface area contributed by atoms with Crippen LogP contribution in [0.4, 0.5) is 5.69 Å². The second kappa shape index (κ2) is 11.4. The Labute approximate surface area is 201 Å². The monoisotopic (exact) mass is 466 g/mol. The van der Waals surface area contributed by atoms with Crippen LogP contribution in [0, 0.1) is 12.8 Å². The van der Waals surface area contributed by atoms with Crippen molar-refractivity contribution in [2.75, 3.05) is 11.1 Å². The summed E-state index contributed by atoms with van der Waals surface area (Å²) >= 11 is 1.39. The Balaban J connectivity index is 1.68. The third kappa shape index (κ3) is 7.09. The van der Waals surface area contributed by atoms with Gasteiger partial charge in [-0.15, -0.1) is 10.2 Å². The molecular weight excluding hydrogens is 432 g/mol. The van der Waals surface area contributed by atoms with Crippen molar-refractivity contribution in [3.05, 3.63) is 65.5 Å². The van der Waals surface area contributed by atoms with Gasteiger partial charge in [0, 0.05) is 12.2 Å². The zero-order valence-electron chi connectivity index (χ0n) is 20.3. The lowest BCUT2D eigenvalue weighted by atomic mass is 10.0. The number of nitrogens with one attached hydrogen (secondary N) is 1. The summed E-state index contributed by atoms with van der Waals surface area (Å²) in [5.74, 6) is 2.64. The molecule has 0 aliphatic carbocycles. The Hall–Kier alpha value is -2.80. The first-order valence-electron chi connectivity index (χ1n) is 11.4. The van der Waals surface area contributed by atoms with Crippen LogP contribution in [-0.2, 0) is 11.3 Å². The van der Waals surface area contributed by atoms with E-state index in [1.54, 1.807) is 0 Å². The minimum absolute atomic E-state index is 0.0703. The minimum atomic E-state index is -0.267. The number of hydrogen-bond acceptors (Lipinski definition) is 5. The Morgan fingerprint density at radius 2 is 1.67 bits per heavy atom. The molecule has 6 nitrogen and oxygen atoms in total. The predicted octanol–water partition coefficient (Wildman–Crippen LogP) is 6.24. The van der Waals surface area contributed by atoms with Crippen LogP contribution in [0.2, 0.25) is 0 Å². The van der Waals surface area contributed by atoms with Crippen molar-refractivity contribution in [1.82, 2.24) is 14.8 Å². The molecule has 1 unspecified atom stereocenters. The van der Waals surface area contributed by atoms with E-state index in [0.717, 1.165) is 34.5 Å². The highest BCUT2D eigenvalue weighted by atomic mass is 32.2. The van der Waals surface area contributed by atoms with Crippen LogP contribution >= 0.6 is 11.8 Å². The fourth-order valence-electron chi connectivity index (χ4n) is 3.40. The molecule has 1 aromatic heterocycles. The summed E-state index contributed by atoms with van der Waals surface area (Å²) in [7, 11) is 0. The van der Waals surface area contributed by atoms with E-state index in [4.69, 9.17) is 4.74 Å². The number of thioether (sulfide) groups is 1. The fraction of sp³-hybridized carbons (Fsp3) is 0.423. The number of carbonyl (C=O) groups is 1. The van der Waals surface area contributed by atoms with Gasteiger partial charge in [-0.05, 0) is 55.5 Å². The van der Waals surface area contributed by atoms with Gasteiger partial charge in [-0.3, -0.25) is 4.79 Å². The van der Waals surface area contributed by atoms with E-state index < -0.39 is 0 Å². The number of rotatable bonds is 10. The first kappa shape index (κ1) is 24.8. The molecule has 2 aromatic carbocycles. The molecule has 33 heavy (non-hydrogen) atoms. The first-order valence-corrected chi connectivity index (χ1v) is 12.4. The molecule has 1 amide bonds. The molecule has 0 bridgehead atoms. The summed E-state index contributed by atoms with van der Waals surface area (Å²) in [5.41, 5.74) is 3.23. The lowest BCUT2D eigenvalue weighted by molar-refractivity contribution is -0.113. The molecule has 3 aromatic rings. The number of aromatic nitrogens is 3. The maximum absolute atomic E-state index is 12.4. The normalized spacial score (nSPS) is 12.2. The van der Waals surface area contributed by atoms with E-state index >= 15 is 0 Å². The van der Waals surface area contributed by atoms with Crippen LogP contribution in [-0.4, -0.2) is 26.4 Å². The average molecular weight is 467 g/mol. The number of hydrogen-bond donors (Lipinski definition) is 1. The third-order valence-electron chi connectivity index (χ3n) is 5.18. The smallest absolute Gasteiger partial charge is 0.234 e. The lowest BCUT2D eigenvalue weighted by Gasteiger charge is -2.18. The van der Waals surface area contributed by atoms with Crippen molar-refractivity contribution in [3.63, 3.8) is 0 Å². The van der Waals surface area contributed by atoms with Crippen LogP contribution in [0.1, 0.15) is 63.6 Å². The van der Waals surface area contributed by atoms with Gasteiger partial charge in [-0.25, -0.2) is 0 Å². The molecule has 0 fully saturated rings. The number of anilines is 1. The molecule has 1 N–H and O–H groups in total. The van der Waals surface area contributed by atoms with E-state index in [2.05, 4.69) is 59.9 Å². The molecule has 176 valence electrons. The zero-order chi connectivity index (χ0) is 24.0. The molecule has 0 radical (unpaired) electrons. The number of carbonyl (C=O) groups excluding carboxylic acids is 1. The first-order chi connectivity index (χ1) is 15.7. The summed E-state index contributed by atoms with van der Waals surface area (Å²) in [6.45, 7) is 13.4. The highest BCUT2D eigenvalue weighted by molar-refractivity contribution is 7.99. The standard InChI is InChI=1S/C26H34N4O2S/c1-17(2)15-30-25(20(6)32-23-13-9-21(10-14-23)18(3)4)28-29-26(30)33-16-24(31)27-22-11-7-19(5)8-12-22/h7-14,17-18,20H,15-16H2,1-6H3,(H,27,31). The van der Waals surface area contributed by atoms with E-state index in [1.165, 1.54) is 17.3 Å². The number of ether oxygens (including phenoxy) is 1. The second-order valence-corrected chi connectivity index (χ2v) is 9.97. The summed E-state index contributed by atoms with van der Waals surface area (Å²) in [6, 6.07) is 16.0. The summed E-state index contributed by atoms with van der Waals surface area (Å²) in [6.07, 6.45) is -0.267. The SMILES string of the molecule is Cc1ccc(NC(=O)CSc2nnc(C(C)Oc3ccc(C(C)C)cc3)n2CC(C)C)cc1. The quantitative estimate of drug-likeness (QED) is 0.358. The average Bonchev–Trinajstić information content (AvgIpc) is 3.16. The molecule has 0 aliphatic rings. The molecule has 1 heterocycles. The molecule has 0 aliphatic heterocycles. The second-order valence-electron chi connectivity index (χ2n) is 9.03. The van der Waals surface area contributed by atoms with E-state index in [-0.39, 0.29) is 17.8 Å². The maximum atomic E-state index is 12.4. The number of amides is 1. The van der Waals surface area contributed by atoms with Gasteiger partial charge in [-0.1, -0.05) is 69.3 Å². The van der Waals surface area contributed by atoms with Crippen LogP contribution in [0.15, 0.2) is 53.7 Å². The Morgan fingerprint density at radius 3 is 2.27 bits per heavy atom. The molecule has 7 heteroatoms. The summed E-state index contributed by atoms with van der Waals surface area (Å²) in [5, 5.41) is 12.5. The van der Waals surface area contributed by atoms with Crippen LogP contribution in [0.5, 0.6) is 5.75 Å². The van der Waals surface area contributed by atoms with Crippen molar-refractivity contribution in [2.45, 2.75) is 65.3 Å². The van der Waals surface area contributed by atoms with Crippen molar-refractivity contribution in [3.8, 4) is 5.75 Å². The van der Waals surface area contributed by atoms with Gasteiger partial charge >= 0.3 is 0 Å². The fourth-order valence-corrected chi connectivity index (χ4v) is 4.15. The van der Waals surface area contributed by atoms with Gasteiger partial charge in [0.05, 0.1) is 5.75 Å². The summed E-state index contributed by atoms with van der Waals surface area (Å²) < 4.78 is 8.24. The van der Waals surface area contributed by atoms with Crippen LogP contribution < -0.4 is 10.1 Å². The predicted molar refractivity (Wildman–Crippen MR) is 135 cm³/mol. The zero-order valence-corrected chi connectivity index (χ0v) is 21.1. The molecule has 3 rings (SSSR count). The van der Waals surface area contributed by atoms with Crippen molar-refractivity contribution in [1.29, 1.82) is 0 Å². The highest BCUT2D eigenvalue weighted by Crippen LogP contribution is 2.27. The van der Waals surface area contributed by atoms with Crippen molar-refractivity contribution in [2.24, 2.45) is 5.92 Å². The minimum Gasteiger partial charge on any atom is -0.483 e. The number of aryl methyl sites for hydroxylation is 1. The van der Waals surface area contributed by atoms with Gasteiger partial charge < -0.3 is 14.6 Å². The Kier molecular flexibility index (Phi) is 8.55. The van der Waals surface area contributed by atoms with E-state index in [9.17, 15) is 4.79 Å². The maximum Gasteiger partial charge on any atom is 0.234 e. The topological polar surface area (TPSA) is 69.0 Å². The highest BCUT2D eigenvalue weighted by Gasteiger charge is 2.21. The lowest BCUT2D eigenvalue weighted by Crippen LogP contribution is -2.17. The molecule has 0 spiro atoms. The molecule has 0 saturated heterocycles. The van der Waals surface area contributed by atoms with Crippen molar-refractivity contribution < 1.29 is 9.53 Å².